The Hall–Kier alpha value is -1.22. The number of phenolic OH excluding ortho intramolecular Hbond substituents is 2. The van der Waals surface area contributed by atoms with Gasteiger partial charge in [-0.05, 0) is 49.8 Å². The van der Waals surface area contributed by atoms with Gasteiger partial charge in [-0.1, -0.05) is 19.9 Å². The van der Waals surface area contributed by atoms with Gasteiger partial charge in [-0.3, -0.25) is 0 Å². The summed E-state index contributed by atoms with van der Waals surface area (Å²) in [7, 11) is 0. The fourth-order valence-corrected chi connectivity index (χ4v) is 2.47. The van der Waals surface area contributed by atoms with Crippen LogP contribution in [0.5, 0.6) is 11.5 Å². The third-order valence-electron chi connectivity index (χ3n) is 2.63. The van der Waals surface area contributed by atoms with Gasteiger partial charge in [0.15, 0.2) is 11.5 Å². The minimum Gasteiger partial charge on any atom is -0.504 e. The van der Waals surface area contributed by atoms with Crippen LogP contribution < -0.4 is 0 Å². The van der Waals surface area contributed by atoms with E-state index in [2.05, 4.69) is 13.8 Å². The van der Waals surface area contributed by atoms with E-state index in [9.17, 15) is 15.3 Å². The topological polar surface area (TPSA) is 60.7 Å². The van der Waals surface area contributed by atoms with Crippen molar-refractivity contribution in [1.82, 2.24) is 0 Å². The summed E-state index contributed by atoms with van der Waals surface area (Å²) >= 11 is 0. The monoisotopic (exact) mass is 238 g/mol. The van der Waals surface area contributed by atoms with E-state index in [4.69, 9.17) is 0 Å². The molecule has 0 saturated heterocycles. The van der Waals surface area contributed by atoms with Crippen LogP contribution in [0.1, 0.15) is 39.7 Å². The average Bonchev–Trinajstić information content (AvgIpc) is 2.06. The van der Waals surface area contributed by atoms with Crippen LogP contribution in [0.2, 0.25) is 0 Å². The molecule has 0 aliphatic heterocycles. The molecule has 0 bridgehead atoms. The Kier molecular flexibility index (Phi) is 3.72. The van der Waals surface area contributed by atoms with Crippen molar-refractivity contribution in [2.45, 2.75) is 46.1 Å². The maximum absolute atomic E-state index is 9.84. The van der Waals surface area contributed by atoms with E-state index >= 15 is 0 Å². The number of hydrogen-bond donors (Lipinski definition) is 3. The van der Waals surface area contributed by atoms with Crippen molar-refractivity contribution >= 4 is 0 Å². The first-order valence-electron chi connectivity index (χ1n) is 5.82. The number of benzene rings is 1. The van der Waals surface area contributed by atoms with Gasteiger partial charge in [-0.2, -0.15) is 0 Å². The Labute approximate surface area is 103 Å². The molecule has 0 heterocycles. The molecule has 1 rings (SSSR count). The molecule has 0 saturated carbocycles. The molecule has 0 radical (unpaired) electrons. The molecular formula is C14H22O3. The smallest absolute Gasteiger partial charge is 0.157 e. The number of rotatable bonds is 4. The Morgan fingerprint density at radius 1 is 1.00 bits per heavy atom. The van der Waals surface area contributed by atoms with Gasteiger partial charge in [-0.25, -0.2) is 0 Å². The molecule has 0 aromatic heterocycles. The molecule has 3 nitrogen and oxygen atoms in total. The first-order valence-corrected chi connectivity index (χ1v) is 5.82. The van der Waals surface area contributed by atoms with E-state index in [0.717, 1.165) is 12.0 Å². The van der Waals surface area contributed by atoms with E-state index in [-0.39, 0.29) is 16.9 Å². The molecule has 3 heteroatoms. The van der Waals surface area contributed by atoms with Gasteiger partial charge >= 0.3 is 0 Å². The van der Waals surface area contributed by atoms with Crippen LogP contribution in [0, 0.1) is 5.41 Å². The molecule has 1 aromatic carbocycles. The SMILES string of the molecule is CC(C)(O)CC(C)(C)Cc1ccc(O)c(O)c1. The van der Waals surface area contributed by atoms with Crippen molar-refractivity contribution in [3.63, 3.8) is 0 Å². The van der Waals surface area contributed by atoms with Crippen LogP contribution in [-0.4, -0.2) is 20.9 Å². The quantitative estimate of drug-likeness (QED) is 0.707. The summed E-state index contributed by atoms with van der Waals surface area (Å²) < 4.78 is 0. The van der Waals surface area contributed by atoms with Crippen LogP contribution in [0.15, 0.2) is 18.2 Å². The standard InChI is InChI=1S/C14H22O3/c1-13(2,9-14(3,4)17)8-10-5-6-11(15)12(16)7-10/h5-7,15-17H,8-9H2,1-4H3. The Bertz CT molecular complexity index is 389. The number of aromatic hydroxyl groups is 2. The van der Waals surface area contributed by atoms with Gasteiger partial charge in [0.1, 0.15) is 0 Å². The molecule has 0 atom stereocenters. The summed E-state index contributed by atoms with van der Waals surface area (Å²) in [6, 6.07) is 4.85. The van der Waals surface area contributed by atoms with Crippen molar-refractivity contribution in [2.24, 2.45) is 5.41 Å². The normalized spacial score (nSPS) is 12.8. The zero-order valence-corrected chi connectivity index (χ0v) is 11.0. The van der Waals surface area contributed by atoms with Crippen LogP contribution in [-0.2, 0) is 6.42 Å². The summed E-state index contributed by atoms with van der Waals surface area (Å²) in [5, 5.41) is 28.5. The number of phenols is 2. The van der Waals surface area contributed by atoms with Gasteiger partial charge in [0, 0.05) is 0 Å². The number of hydrogen-bond acceptors (Lipinski definition) is 3. The second-order valence-corrected chi connectivity index (χ2v) is 6.15. The minimum atomic E-state index is -0.706. The Balaban J connectivity index is 2.79. The van der Waals surface area contributed by atoms with Gasteiger partial charge < -0.3 is 15.3 Å². The molecule has 3 N–H and O–H groups in total. The van der Waals surface area contributed by atoms with Crippen LogP contribution in [0.4, 0.5) is 0 Å². The summed E-state index contributed by atoms with van der Waals surface area (Å²) in [5.41, 5.74) is 0.180. The van der Waals surface area contributed by atoms with E-state index in [1.165, 1.54) is 6.07 Å². The Morgan fingerprint density at radius 3 is 2.06 bits per heavy atom. The van der Waals surface area contributed by atoms with Gasteiger partial charge in [-0.15, -0.1) is 0 Å². The van der Waals surface area contributed by atoms with Crippen LogP contribution in [0.25, 0.3) is 0 Å². The predicted molar refractivity (Wildman–Crippen MR) is 68.2 cm³/mol. The van der Waals surface area contributed by atoms with Gasteiger partial charge in [0.25, 0.3) is 0 Å². The molecule has 96 valence electrons. The summed E-state index contributed by atoms with van der Waals surface area (Å²) in [4.78, 5) is 0. The predicted octanol–water partition coefficient (Wildman–Crippen LogP) is 2.83. The van der Waals surface area contributed by atoms with E-state index in [1.54, 1.807) is 26.0 Å². The molecule has 0 spiro atoms. The van der Waals surface area contributed by atoms with Crippen molar-refractivity contribution < 1.29 is 15.3 Å². The maximum atomic E-state index is 9.84. The minimum absolute atomic E-state index is 0.0678. The third kappa shape index (κ3) is 4.65. The summed E-state index contributed by atoms with van der Waals surface area (Å²) in [6.07, 6.45) is 1.41. The lowest BCUT2D eigenvalue weighted by Crippen LogP contribution is -2.29. The van der Waals surface area contributed by atoms with E-state index in [0.29, 0.717) is 6.42 Å². The van der Waals surface area contributed by atoms with Crippen molar-refractivity contribution in [3.05, 3.63) is 23.8 Å². The maximum Gasteiger partial charge on any atom is 0.157 e. The molecule has 17 heavy (non-hydrogen) atoms. The fourth-order valence-electron chi connectivity index (χ4n) is 2.47. The highest BCUT2D eigenvalue weighted by molar-refractivity contribution is 5.40. The highest BCUT2D eigenvalue weighted by Gasteiger charge is 2.27. The van der Waals surface area contributed by atoms with Gasteiger partial charge in [0.2, 0.25) is 0 Å². The molecule has 0 aliphatic rings. The zero-order valence-electron chi connectivity index (χ0n) is 11.0. The first kappa shape index (κ1) is 13.8. The first-order chi connectivity index (χ1) is 7.59. The summed E-state index contributed by atoms with van der Waals surface area (Å²) in [5.74, 6) is -0.199. The lowest BCUT2D eigenvalue weighted by molar-refractivity contribution is 0.0320. The van der Waals surface area contributed by atoms with E-state index in [1.807, 2.05) is 0 Å². The molecule has 0 fully saturated rings. The highest BCUT2D eigenvalue weighted by Crippen LogP contribution is 2.33. The van der Waals surface area contributed by atoms with Crippen molar-refractivity contribution in [2.75, 3.05) is 0 Å². The summed E-state index contributed by atoms with van der Waals surface area (Å²) in [6.45, 7) is 7.75. The fraction of sp³-hybridized carbons (Fsp3) is 0.571. The highest BCUT2D eigenvalue weighted by atomic mass is 16.3. The largest absolute Gasteiger partial charge is 0.504 e. The molecular weight excluding hydrogens is 216 g/mol. The average molecular weight is 238 g/mol. The van der Waals surface area contributed by atoms with Crippen LogP contribution >= 0.6 is 0 Å². The number of aliphatic hydroxyl groups is 1. The van der Waals surface area contributed by atoms with Crippen molar-refractivity contribution in [1.29, 1.82) is 0 Å². The lowest BCUT2D eigenvalue weighted by atomic mass is 9.77. The molecule has 0 aliphatic carbocycles. The van der Waals surface area contributed by atoms with Gasteiger partial charge in [0.05, 0.1) is 5.60 Å². The van der Waals surface area contributed by atoms with Crippen molar-refractivity contribution in [3.8, 4) is 11.5 Å². The lowest BCUT2D eigenvalue weighted by Gasteiger charge is -2.31. The third-order valence-corrected chi connectivity index (χ3v) is 2.63. The molecule has 1 aromatic rings. The Morgan fingerprint density at radius 2 is 1.59 bits per heavy atom. The van der Waals surface area contributed by atoms with E-state index < -0.39 is 5.60 Å². The zero-order chi connectivity index (χ0) is 13.3. The second-order valence-electron chi connectivity index (χ2n) is 6.15. The molecule has 0 amide bonds. The second kappa shape index (κ2) is 4.57. The van der Waals surface area contributed by atoms with Crippen LogP contribution in [0.3, 0.4) is 0 Å². The molecule has 0 unspecified atom stereocenters.